The molecule has 0 spiro atoms. The molecule has 0 aliphatic heterocycles. The highest BCUT2D eigenvalue weighted by Gasteiger charge is 2.41. The van der Waals surface area contributed by atoms with E-state index < -0.39 is 23.7 Å². The molecular weight excluding hydrogens is 747 g/mol. The summed E-state index contributed by atoms with van der Waals surface area (Å²) >= 11 is 0. The molecule has 2 aliphatic rings. The van der Waals surface area contributed by atoms with Gasteiger partial charge < -0.3 is 10.6 Å². The van der Waals surface area contributed by atoms with Crippen molar-refractivity contribution in [3.05, 3.63) is 153 Å². The molecule has 0 atom stereocenters. The molecule has 0 fully saturated rings. The van der Waals surface area contributed by atoms with Crippen LogP contribution in [0, 0.1) is 0 Å². The summed E-state index contributed by atoms with van der Waals surface area (Å²) in [4.78, 5) is 26.0. The number of hydrogen-bond acceptors (Lipinski definition) is 4. The molecule has 4 aromatic carbocycles. The molecule has 0 unspecified atom stereocenters. The maximum atomic E-state index is 13.7. The Bertz CT molecular complexity index is 2260. The van der Waals surface area contributed by atoms with Gasteiger partial charge in [-0.15, -0.1) is 0 Å². The van der Waals surface area contributed by atoms with Crippen LogP contribution in [-0.2, 0) is 44.5 Å². The smallest absolute Gasteiger partial charge is 0.322 e. The molecule has 2 amide bonds. The Kier molecular flexibility index (Phi) is 9.96. The zero-order valence-electron chi connectivity index (χ0n) is 30.5. The average Bonchev–Trinajstić information content (AvgIpc) is 3.80. The van der Waals surface area contributed by atoms with Gasteiger partial charge in [0.25, 0.3) is 11.8 Å². The zero-order chi connectivity index (χ0) is 39.9. The summed E-state index contributed by atoms with van der Waals surface area (Å²) in [5.41, 5.74) is 4.69. The molecule has 2 aromatic heterocycles. The predicted octanol–water partition coefficient (Wildman–Crippen LogP) is 9.95. The third-order valence-electron chi connectivity index (χ3n) is 10.5. The van der Waals surface area contributed by atoms with Crippen molar-refractivity contribution in [2.24, 2.45) is 0 Å². The van der Waals surface area contributed by atoms with Crippen molar-refractivity contribution in [3.8, 4) is 11.4 Å². The Labute approximate surface area is 323 Å². The Morgan fingerprint density at radius 2 is 0.860 bits per heavy atom. The molecule has 6 aromatic rings. The number of amides is 2. The molecule has 292 valence electrons. The van der Waals surface area contributed by atoms with Crippen LogP contribution in [0.2, 0.25) is 0 Å². The van der Waals surface area contributed by atoms with Gasteiger partial charge in [-0.05, 0) is 142 Å². The van der Waals surface area contributed by atoms with Crippen LogP contribution in [-0.4, -0.2) is 31.4 Å². The Hall–Kier alpha value is -6.18. The monoisotopic (exact) mass is 782 g/mol. The van der Waals surface area contributed by atoms with Crippen LogP contribution < -0.4 is 10.6 Å². The van der Waals surface area contributed by atoms with E-state index in [0.29, 0.717) is 90.2 Å². The summed E-state index contributed by atoms with van der Waals surface area (Å²) in [6, 6.07) is 27.4. The van der Waals surface area contributed by atoms with Crippen LogP contribution in [0.3, 0.4) is 0 Å². The minimum Gasteiger partial charge on any atom is -0.322 e. The SMILES string of the molecule is O=C(Nc1ccc(Cc2ccc(NC(=O)c3ccc(-n4nc(C(F)(F)F)c5c4CCCC5)cc3)cc2)cc1)c1ccc(-n2nc(C(F)(F)F)c3c2CCCC3)cc1. The van der Waals surface area contributed by atoms with Gasteiger partial charge in [-0.25, -0.2) is 9.36 Å². The first kappa shape index (κ1) is 37.7. The van der Waals surface area contributed by atoms with E-state index in [1.54, 1.807) is 72.8 Å². The highest BCUT2D eigenvalue weighted by atomic mass is 19.4. The molecular formula is C43H36F6N6O2. The van der Waals surface area contributed by atoms with Gasteiger partial charge >= 0.3 is 12.4 Å². The van der Waals surface area contributed by atoms with Crippen molar-refractivity contribution in [1.29, 1.82) is 0 Å². The van der Waals surface area contributed by atoms with Crippen molar-refractivity contribution in [2.45, 2.75) is 70.1 Å². The van der Waals surface area contributed by atoms with Crippen molar-refractivity contribution >= 4 is 23.2 Å². The summed E-state index contributed by atoms with van der Waals surface area (Å²) in [7, 11) is 0. The van der Waals surface area contributed by atoms with Gasteiger partial charge in [-0.3, -0.25) is 9.59 Å². The van der Waals surface area contributed by atoms with Gasteiger partial charge in [-0.2, -0.15) is 36.5 Å². The summed E-state index contributed by atoms with van der Waals surface area (Å²) in [6.07, 6.45) is -3.81. The summed E-state index contributed by atoms with van der Waals surface area (Å²) < 4.78 is 84.6. The van der Waals surface area contributed by atoms with E-state index >= 15 is 0 Å². The highest BCUT2D eigenvalue weighted by Crippen LogP contribution is 2.38. The van der Waals surface area contributed by atoms with Crippen LogP contribution in [0.1, 0.15) is 91.4 Å². The summed E-state index contributed by atoms with van der Waals surface area (Å²) in [5.74, 6) is -0.727. The number of nitrogens with zero attached hydrogens (tertiary/aromatic N) is 4. The first-order valence-corrected chi connectivity index (χ1v) is 18.7. The normalized spacial score (nSPS) is 14.1. The molecule has 2 aliphatic carbocycles. The maximum absolute atomic E-state index is 13.7. The second kappa shape index (κ2) is 15.1. The minimum absolute atomic E-state index is 0.253. The number of benzene rings is 4. The number of rotatable bonds is 8. The van der Waals surface area contributed by atoms with Gasteiger partial charge in [0.1, 0.15) is 0 Å². The van der Waals surface area contributed by atoms with Crippen LogP contribution in [0.25, 0.3) is 11.4 Å². The number of anilines is 2. The first-order valence-electron chi connectivity index (χ1n) is 18.7. The molecule has 14 heteroatoms. The topological polar surface area (TPSA) is 93.8 Å². The van der Waals surface area contributed by atoms with Crippen LogP contribution in [0.5, 0.6) is 0 Å². The maximum Gasteiger partial charge on any atom is 0.435 e. The Balaban J connectivity index is 0.856. The quantitative estimate of drug-likeness (QED) is 0.150. The van der Waals surface area contributed by atoms with E-state index in [1.165, 1.54) is 9.36 Å². The van der Waals surface area contributed by atoms with Gasteiger partial charge in [-0.1, -0.05) is 24.3 Å². The second-order valence-corrected chi connectivity index (χ2v) is 14.4. The fourth-order valence-electron chi connectivity index (χ4n) is 7.64. The summed E-state index contributed by atoms with van der Waals surface area (Å²) in [6.45, 7) is 0. The standard InChI is InChI=1S/C43H36F6N6O2/c44-42(45,46)38-34-5-1-3-7-36(34)54(52-38)32-21-13-28(14-22-32)40(56)50-30-17-9-26(10-18-30)25-27-11-19-31(20-12-27)51-41(57)29-15-23-33(24-16-29)55-37-8-4-2-6-35(37)39(53-55)43(47,48)49/h9-24H,1-8,25H2,(H,50,56)(H,51,57). The number of fused-ring (bicyclic) bond motifs is 2. The number of halogens is 6. The van der Waals surface area contributed by atoms with E-state index in [-0.39, 0.29) is 22.9 Å². The zero-order valence-corrected chi connectivity index (χ0v) is 30.5. The lowest BCUT2D eigenvalue weighted by Crippen LogP contribution is -2.12. The molecule has 0 bridgehead atoms. The van der Waals surface area contributed by atoms with E-state index in [2.05, 4.69) is 20.8 Å². The fraction of sp³-hybridized carbons (Fsp3) is 0.256. The molecule has 2 heterocycles. The lowest BCUT2D eigenvalue weighted by molar-refractivity contribution is -0.142. The van der Waals surface area contributed by atoms with Crippen LogP contribution in [0.15, 0.2) is 97.1 Å². The highest BCUT2D eigenvalue weighted by molar-refractivity contribution is 6.05. The number of nitrogens with one attached hydrogen (secondary N) is 2. The molecule has 8 nitrogen and oxygen atoms in total. The number of carbonyl (C=O) groups excluding carboxylic acids is 2. The molecule has 2 N–H and O–H groups in total. The lowest BCUT2D eigenvalue weighted by Gasteiger charge is -2.15. The van der Waals surface area contributed by atoms with E-state index in [0.717, 1.165) is 24.0 Å². The second-order valence-electron chi connectivity index (χ2n) is 14.4. The van der Waals surface area contributed by atoms with Crippen molar-refractivity contribution < 1.29 is 35.9 Å². The minimum atomic E-state index is -4.53. The molecule has 8 rings (SSSR count). The van der Waals surface area contributed by atoms with Crippen molar-refractivity contribution in [3.63, 3.8) is 0 Å². The van der Waals surface area contributed by atoms with E-state index in [9.17, 15) is 35.9 Å². The largest absolute Gasteiger partial charge is 0.435 e. The third kappa shape index (κ3) is 7.94. The molecule has 57 heavy (non-hydrogen) atoms. The number of aromatic nitrogens is 4. The van der Waals surface area contributed by atoms with Gasteiger partial charge in [0, 0.05) is 45.0 Å². The third-order valence-corrected chi connectivity index (χ3v) is 10.5. The lowest BCUT2D eigenvalue weighted by atomic mass is 9.95. The van der Waals surface area contributed by atoms with Gasteiger partial charge in [0.05, 0.1) is 11.4 Å². The molecule has 0 saturated carbocycles. The van der Waals surface area contributed by atoms with E-state index in [4.69, 9.17) is 0 Å². The Morgan fingerprint density at radius 3 is 1.21 bits per heavy atom. The summed E-state index contributed by atoms with van der Waals surface area (Å²) in [5, 5.41) is 13.5. The van der Waals surface area contributed by atoms with Crippen LogP contribution >= 0.6 is 0 Å². The fourth-order valence-corrected chi connectivity index (χ4v) is 7.64. The van der Waals surface area contributed by atoms with Crippen molar-refractivity contribution in [1.82, 2.24) is 19.6 Å². The first-order chi connectivity index (χ1) is 27.3. The van der Waals surface area contributed by atoms with Gasteiger partial charge in [0.15, 0.2) is 11.4 Å². The van der Waals surface area contributed by atoms with Crippen LogP contribution in [0.4, 0.5) is 37.7 Å². The average molecular weight is 783 g/mol. The van der Waals surface area contributed by atoms with E-state index in [1.807, 2.05) is 24.3 Å². The van der Waals surface area contributed by atoms with Crippen molar-refractivity contribution in [2.75, 3.05) is 10.6 Å². The Morgan fingerprint density at radius 1 is 0.509 bits per heavy atom. The van der Waals surface area contributed by atoms with Gasteiger partial charge in [0.2, 0.25) is 0 Å². The predicted molar refractivity (Wildman–Crippen MR) is 202 cm³/mol. The number of hydrogen-bond donors (Lipinski definition) is 2. The molecule has 0 radical (unpaired) electrons. The number of carbonyl (C=O) groups is 2. The molecule has 0 saturated heterocycles. The number of alkyl halides is 6.